The smallest absolute Gasteiger partial charge is 0.340 e. The van der Waals surface area contributed by atoms with Crippen molar-refractivity contribution in [2.75, 3.05) is 0 Å². The maximum Gasteiger partial charge on any atom is 0.340 e. The van der Waals surface area contributed by atoms with Gasteiger partial charge in [0.25, 0.3) is 5.91 Å². The van der Waals surface area contributed by atoms with Gasteiger partial charge < -0.3 is 5.32 Å². The number of aromatic amines is 2. The third-order valence-electron chi connectivity index (χ3n) is 7.87. The Balaban J connectivity index is 1.39. The van der Waals surface area contributed by atoms with Crippen molar-refractivity contribution in [3.05, 3.63) is 87.2 Å². The van der Waals surface area contributed by atoms with Crippen LogP contribution >= 0.6 is 0 Å². The Morgan fingerprint density at radius 1 is 1.19 bits per heavy atom. The van der Waals surface area contributed by atoms with Crippen molar-refractivity contribution in [2.45, 2.75) is 44.6 Å². The number of fused-ring (bicyclic) bond motifs is 5. The van der Waals surface area contributed by atoms with E-state index in [9.17, 15) is 18.4 Å². The number of carbonyl (C=O) groups is 1. The molecule has 12 heteroatoms. The molecule has 0 saturated heterocycles. The summed E-state index contributed by atoms with van der Waals surface area (Å²) in [6, 6.07) is 5.43. The van der Waals surface area contributed by atoms with Gasteiger partial charge in [-0.05, 0) is 47.9 Å². The Labute approximate surface area is 209 Å². The molecule has 3 aromatic heterocycles. The molecule has 3 heterocycles. The van der Waals surface area contributed by atoms with Gasteiger partial charge in [-0.3, -0.25) is 14.8 Å². The second-order valence-corrected chi connectivity index (χ2v) is 9.95. The molecule has 1 amide bonds. The summed E-state index contributed by atoms with van der Waals surface area (Å²) in [6.45, 7) is 4.22. The number of aromatic nitrogens is 7. The normalized spacial score (nSPS) is 21.1. The van der Waals surface area contributed by atoms with Gasteiger partial charge in [-0.25, -0.2) is 23.7 Å². The van der Waals surface area contributed by atoms with Crippen LogP contribution in [0.4, 0.5) is 8.78 Å². The molecule has 1 saturated carbocycles. The van der Waals surface area contributed by atoms with Gasteiger partial charge in [0.2, 0.25) is 0 Å². The molecular formula is C25H22F2N8O2. The van der Waals surface area contributed by atoms with Gasteiger partial charge in [0.15, 0.2) is 0 Å². The molecule has 37 heavy (non-hydrogen) atoms. The number of halogens is 2. The summed E-state index contributed by atoms with van der Waals surface area (Å²) in [6.07, 6.45) is 4.53. The summed E-state index contributed by atoms with van der Waals surface area (Å²) in [5.41, 5.74) is 0.683. The largest absolute Gasteiger partial charge is 0.343 e. The molecule has 2 aliphatic carbocycles. The maximum absolute atomic E-state index is 14.5. The first kappa shape index (κ1) is 23.1. The molecule has 0 unspecified atom stereocenters. The fourth-order valence-corrected chi connectivity index (χ4v) is 6.08. The third-order valence-corrected chi connectivity index (χ3v) is 7.87. The van der Waals surface area contributed by atoms with Gasteiger partial charge in [0.1, 0.15) is 23.2 Å². The highest BCUT2D eigenvalue weighted by Crippen LogP contribution is 2.69. The average Bonchev–Trinajstić information content (AvgIpc) is 3.48. The van der Waals surface area contributed by atoms with Crippen LogP contribution in [0.5, 0.6) is 0 Å². The van der Waals surface area contributed by atoms with Gasteiger partial charge in [-0.2, -0.15) is 10.2 Å². The summed E-state index contributed by atoms with van der Waals surface area (Å²) in [5.74, 6) is -1.54. The van der Waals surface area contributed by atoms with Crippen LogP contribution in [0.2, 0.25) is 0 Å². The lowest BCUT2D eigenvalue weighted by Crippen LogP contribution is -2.38. The van der Waals surface area contributed by atoms with Crippen LogP contribution in [0, 0.1) is 17.0 Å². The van der Waals surface area contributed by atoms with Gasteiger partial charge in [-0.15, -0.1) is 5.10 Å². The van der Waals surface area contributed by atoms with Gasteiger partial charge in [0.05, 0.1) is 40.8 Å². The van der Waals surface area contributed by atoms with E-state index in [1.54, 1.807) is 12.3 Å². The fraction of sp³-hybridized carbons (Fsp3) is 0.320. The summed E-state index contributed by atoms with van der Waals surface area (Å²) < 4.78 is 28.9. The number of nitrogens with one attached hydrogen (secondary N) is 3. The number of amides is 1. The van der Waals surface area contributed by atoms with Crippen molar-refractivity contribution < 1.29 is 13.6 Å². The Morgan fingerprint density at radius 2 is 1.97 bits per heavy atom. The van der Waals surface area contributed by atoms with Crippen molar-refractivity contribution in [3.8, 4) is 11.3 Å². The van der Waals surface area contributed by atoms with E-state index in [-0.39, 0.29) is 40.7 Å². The minimum absolute atomic E-state index is 0.00584. The Kier molecular flexibility index (Phi) is 5.04. The van der Waals surface area contributed by atoms with Crippen LogP contribution in [0.15, 0.2) is 41.5 Å². The summed E-state index contributed by atoms with van der Waals surface area (Å²) in [7, 11) is 0. The number of H-pyrrole nitrogens is 2. The fourth-order valence-electron chi connectivity index (χ4n) is 6.08. The van der Waals surface area contributed by atoms with Crippen LogP contribution < -0.4 is 11.0 Å². The van der Waals surface area contributed by atoms with E-state index in [1.165, 1.54) is 24.4 Å². The topological polar surface area (TPSA) is 142 Å². The van der Waals surface area contributed by atoms with Crippen LogP contribution in [-0.4, -0.2) is 41.3 Å². The van der Waals surface area contributed by atoms with Crippen LogP contribution in [-0.2, 0) is 12.0 Å². The number of carbonyl (C=O) groups excluding carboxylic acids is 1. The second kappa shape index (κ2) is 8.08. The van der Waals surface area contributed by atoms with E-state index in [0.29, 0.717) is 17.8 Å². The third kappa shape index (κ3) is 3.31. The molecule has 1 aromatic carbocycles. The lowest BCUT2D eigenvalue weighted by atomic mass is 9.66. The van der Waals surface area contributed by atoms with Crippen LogP contribution in [0.1, 0.15) is 65.9 Å². The number of hydrogen-bond donors (Lipinski definition) is 3. The number of benzene rings is 1. The molecular weight excluding hydrogens is 482 g/mol. The molecule has 188 valence electrons. The minimum Gasteiger partial charge on any atom is -0.343 e. The zero-order chi connectivity index (χ0) is 25.9. The van der Waals surface area contributed by atoms with E-state index in [2.05, 4.69) is 54.5 Å². The number of nitrogens with zero attached hydrogens (tertiary/aromatic N) is 5. The monoisotopic (exact) mass is 504 g/mol. The molecule has 1 fully saturated rings. The summed E-state index contributed by atoms with van der Waals surface area (Å²) >= 11 is 0. The number of rotatable bonds is 5. The summed E-state index contributed by atoms with van der Waals surface area (Å²) in [4.78, 5) is 35.5. The SMILES string of the molecule is CC1(C)[C@H]2CC[C@]1(c1cncc(C(=O)NCc3n[nH]c(=O)[nH]3)n1)c1nnc(-c3c(F)cccc3F)cc12. The van der Waals surface area contributed by atoms with E-state index in [1.807, 2.05) is 0 Å². The molecule has 10 nitrogen and oxygen atoms in total. The molecule has 0 aliphatic heterocycles. The average molecular weight is 505 g/mol. The van der Waals surface area contributed by atoms with Crippen molar-refractivity contribution >= 4 is 5.91 Å². The standard InChI is InChI=1S/C25H22F2N8O2/c1-24(2)13-6-7-25(24,21-12(13)8-16(32-34-21)20-14(26)4-3-5-15(20)27)18-10-28-9-17(30-18)22(36)29-11-19-31-23(37)35-33-19/h3-5,8-10,13H,6-7,11H2,1-2H3,(H,29,36)(H2,31,33,35,37)/t13-,25-/m0/s1. The first-order valence-corrected chi connectivity index (χ1v) is 11.8. The number of hydrogen-bond acceptors (Lipinski definition) is 7. The lowest BCUT2D eigenvalue weighted by molar-refractivity contribution is 0.0943. The predicted octanol–water partition coefficient (Wildman–Crippen LogP) is 2.76. The highest BCUT2D eigenvalue weighted by atomic mass is 19.1. The molecule has 0 radical (unpaired) electrons. The highest BCUT2D eigenvalue weighted by Gasteiger charge is 2.65. The molecule has 2 aliphatic rings. The maximum atomic E-state index is 14.5. The van der Waals surface area contributed by atoms with E-state index < -0.39 is 28.6 Å². The molecule has 4 aromatic rings. The van der Waals surface area contributed by atoms with Crippen molar-refractivity contribution in [1.82, 2.24) is 40.7 Å². The Bertz CT molecular complexity index is 1590. The molecule has 2 bridgehead atoms. The molecule has 2 atom stereocenters. The Hall–Kier alpha value is -4.35. The van der Waals surface area contributed by atoms with Gasteiger partial charge in [-0.1, -0.05) is 19.9 Å². The first-order valence-electron chi connectivity index (χ1n) is 11.8. The van der Waals surface area contributed by atoms with E-state index >= 15 is 0 Å². The van der Waals surface area contributed by atoms with Gasteiger partial charge in [0, 0.05) is 6.20 Å². The van der Waals surface area contributed by atoms with Gasteiger partial charge >= 0.3 is 5.69 Å². The van der Waals surface area contributed by atoms with E-state index in [4.69, 9.17) is 0 Å². The quantitative estimate of drug-likeness (QED) is 0.379. The molecule has 6 rings (SSSR count). The van der Waals surface area contributed by atoms with Crippen molar-refractivity contribution in [2.24, 2.45) is 5.41 Å². The van der Waals surface area contributed by atoms with Crippen molar-refractivity contribution in [3.63, 3.8) is 0 Å². The Morgan fingerprint density at radius 3 is 2.70 bits per heavy atom. The van der Waals surface area contributed by atoms with E-state index in [0.717, 1.165) is 12.0 Å². The molecule has 0 spiro atoms. The summed E-state index contributed by atoms with van der Waals surface area (Å²) in [5, 5.41) is 17.4. The minimum atomic E-state index is -0.699. The lowest BCUT2D eigenvalue weighted by Gasteiger charge is -2.37. The molecule has 3 N–H and O–H groups in total. The predicted molar refractivity (Wildman–Crippen MR) is 126 cm³/mol. The zero-order valence-electron chi connectivity index (χ0n) is 20.0. The zero-order valence-corrected chi connectivity index (χ0v) is 20.0. The first-order chi connectivity index (χ1) is 17.7. The second-order valence-electron chi connectivity index (χ2n) is 9.95. The highest BCUT2D eigenvalue weighted by molar-refractivity contribution is 5.91. The van der Waals surface area contributed by atoms with Crippen LogP contribution in [0.3, 0.4) is 0 Å². The van der Waals surface area contributed by atoms with Crippen molar-refractivity contribution in [1.29, 1.82) is 0 Å². The van der Waals surface area contributed by atoms with Crippen LogP contribution in [0.25, 0.3) is 11.3 Å².